The first-order valence-corrected chi connectivity index (χ1v) is 15.0. The van der Waals surface area contributed by atoms with E-state index in [0.29, 0.717) is 0 Å². The zero-order valence-electron chi connectivity index (χ0n) is 24.0. The van der Waals surface area contributed by atoms with Crippen LogP contribution in [0.5, 0.6) is 0 Å². The van der Waals surface area contributed by atoms with Gasteiger partial charge in [-0.05, 0) is 76.6 Å². The molecule has 0 amide bonds. The summed E-state index contributed by atoms with van der Waals surface area (Å²) in [5.41, 5.74) is 15.2. The summed E-state index contributed by atoms with van der Waals surface area (Å²) < 4.78 is 0. The van der Waals surface area contributed by atoms with Crippen LogP contribution in [0.25, 0.3) is 55.5 Å². The SMILES string of the molecule is Cc1c(-c2ccccc2)cc(-c2ccc(-c3nc4ccccc4c4c3C3CC=CC=CC3=N4)cc2)cc1-c1ccccc1. The van der Waals surface area contributed by atoms with E-state index in [9.17, 15) is 0 Å². The molecule has 1 atom stereocenters. The van der Waals surface area contributed by atoms with Gasteiger partial charge in [0.15, 0.2) is 0 Å². The Morgan fingerprint density at radius 3 is 1.93 bits per heavy atom. The molecule has 0 radical (unpaired) electrons. The highest BCUT2D eigenvalue weighted by Gasteiger charge is 2.31. The summed E-state index contributed by atoms with van der Waals surface area (Å²) in [7, 11) is 0. The molecule has 0 bridgehead atoms. The van der Waals surface area contributed by atoms with E-state index in [4.69, 9.17) is 9.98 Å². The molecule has 2 heteroatoms. The zero-order valence-corrected chi connectivity index (χ0v) is 24.0. The first-order valence-electron chi connectivity index (χ1n) is 15.0. The minimum atomic E-state index is 0.218. The van der Waals surface area contributed by atoms with Gasteiger partial charge in [0, 0.05) is 28.1 Å². The molecule has 0 fully saturated rings. The van der Waals surface area contributed by atoms with Gasteiger partial charge in [0.1, 0.15) is 0 Å². The first-order chi connectivity index (χ1) is 21.2. The monoisotopic (exact) mass is 550 g/mol. The van der Waals surface area contributed by atoms with Crippen LogP contribution in [0.3, 0.4) is 0 Å². The first kappa shape index (κ1) is 25.4. The molecular formula is C41H30N2. The summed E-state index contributed by atoms with van der Waals surface area (Å²) in [6.07, 6.45) is 9.55. The van der Waals surface area contributed by atoms with Crippen molar-refractivity contribution in [2.75, 3.05) is 0 Å². The number of nitrogens with zero attached hydrogens (tertiary/aromatic N) is 2. The maximum Gasteiger partial charge on any atom is 0.0787 e. The third kappa shape index (κ3) is 4.43. The molecule has 43 heavy (non-hydrogen) atoms. The molecule has 2 aliphatic rings. The maximum atomic E-state index is 5.24. The molecule has 5 aromatic carbocycles. The van der Waals surface area contributed by atoms with Gasteiger partial charge in [-0.1, -0.05) is 121 Å². The molecule has 1 aliphatic carbocycles. The van der Waals surface area contributed by atoms with Crippen molar-refractivity contribution in [2.45, 2.75) is 19.3 Å². The van der Waals surface area contributed by atoms with Crippen LogP contribution in [-0.4, -0.2) is 10.7 Å². The predicted molar refractivity (Wildman–Crippen MR) is 181 cm³/mol. The second-order valence-electron chi connectivity index (χ2n) is 11.4. The lowest BCUT2D eigenvalue weighted by molar-refractivity contribution is 0.935. The van der Waals surface area contributed by atoms with Gasteiger partial charge < -0.3 is 0 Å². The third-order valence-corrected chi connectivity index (χ3v) is 8.80. The average molecular weight is 551 g/mol. The van der Waals surface area contributed by atoms with E-state index in [1.165, 1.54) is 44.5 Å². The van der Waals surface area contributed by atoms with Crippen molar-refractivity contribution in [1.82, 2.24) is 4.98 Å². The number of para-hydroxylation sites is 1. The van der Waals surface area contributed by atoms with Crippen molar-refractivity contribution in [3.63, 3.8) is 0 Å². The highest BCUT2D eigenvalue weighted by Crippen LogP contribution is 2.47. The molecular weight excluding hydrogens is 520 g/mol. The summed E-state index contributed by atoms with van der Waals surface area (Å²) in [5.74, 6) is 0.218. The number of rotatable bonds is 4. The van der Waals surface area contributed by atoms with Crippen molar-refractivity contribution in [2.24, 2.45) is 4.99 Å². The summed E-state index contributed by atoms with van der Waals surface area (Å²) in [4.78, 5) is 10.4. The Balaban J connectivity index is 1.26. The van der Waals surface area contributed by atoms with E-state index < -0.39 is 0 Å². The molecule has 0 N–H and O–H groups in total. The lowest BCUT2D eigenvalue weighted by Crippen LogP contribution is -2.06. The van der Waals surface area contributed by atoms with E-state index in [-0.39, 0.29) is 5.92 Å². The second-order valence-corrected chi connectivity index (χ2v) is 11.4. The minimum Gasteiger partial charge on any atom is -0.252 e. The van der Waals surface area contributed by atoms with Gasteiger partial charge in [-0.25, -0.2) is 4.98 Å². The fraction of sp³-hybridized carbons (Fsp3) is 0.0732. The van der Waals surface area contributed by atoms with Gasteiger partial charge in [-0.15, -0.1) is 0 Å². The quantitative estimate of drug-likeness (QED) is 0.214. The molecule has 204 valence electrons. The number of aliphatic imine (C=N–C) groups is 1. The Morgan fingerprint density at radius 1 is 0.605 bits per heavy atom. The van der Waals surface area contributed by atoms with Gasteiger partial charge >= 0.3 is 0 Å². The van der Waals surface area contributed by atoms with E-state index >= 15 is 0 Å². The standard InChI is InChI=1S/C41H30N2/c1-27-35(29-13-5-2-6-14-29)25-32(26-36(27)30-15-7-3-8-16-30)28-21-23-31(24-22-28)40-39-33-17-9-4-10-19-37(33)43-41(39)34-18-11-12-20-38(34)42-40/h2-16,18-26,33H,17H2,1H3. The van der Waals surface area contributed by atoms with Gasteiger partial charge in [0.2, 0.25) is 0 Å². The normalized spacial score (nSPS) is 15.2. The predicted octanol–water partition coefficient (Wildman–Crippen LogP) is 10.9. The average Bonchev–Trinajstić information content (AvgIpc) is 3.27. The van der Waals surface area contributed by atoms with Crippen LogP contribution in [0.2, 0.25) is 0 Å². The fourth-order valence-electron chi connectivity index (χ4n) is 6.61. The van der Waals surface area contributed by atoms with Crippen LogP contribution < -0.4 is 0 Å². The molecule has 0 saturated heterocycles. The number of hydrogen-bond donors (Lipinski definition) is 0. The number of fused-ring (bicyclic) bond motifs is 5. The third-order valence-electron chi connectivity index (χ3n) is 8.80. The van der Waals surface area contributed by atoms with Crippen molar-refractivity contribution >= 4 is 22.3 Å². The van der Waals surface area contributed by atoms with Crippen molar-refractivity contribution in [3.05, 3.63) is 157 Å². The van der Waals surface area contributed by atoms with Crippen LogP contribution in [0, 0.1) is 6.92 Å². The Morgan fingerprint density at radius 2 is 1.23 bits per heavy atom. The highest BCUT2D eigenvalue weighted by molar-refractivity contribution is 6.12. The number of aromatic nitrogens is 1. The van der Waals surface area contributed by atoms with Gasteiger partial charge in [-0.3, -0.25) is 4.99 Å². The number of benzene rings is 5. The summed E-state index contributed by atoms with van der Waals surface area (Å²) in [5, 5.41) is 1.12. The van der Waals surface area contributed by atoms with Gasteiger partial charge in [0.05, 0.1) is 16.9 Å². The molecule has 1 aliphatic heterocycles. The summed E-state index contributed by atoms with van der Waals surface area (Å²) >= 11 is 0. The zero-order chi connectivity index (χ0) is 28.8. The second kappa shape index (κ2) is 10.5. The van der Waals surface area contributed by atoms with Crippen molar-refractivity contribution in [3.8, 4) is 44.6 Å². The molecule has 2 heterocycles. The minimum absolute atomic E-state index is 0.218. The molecule has 0 saturated carbocycles. The molecule has 8 rings (SSSR count). The topological polar surface area (TPSA) is 25.2 Å². The van der Waals surface area contributed by atoms with Crippen LogP contribution in [0.1, 0.15) is 23.5 Å². The summed E-state index contributed by atoms with van der Waals surface area (Å²) in [6, 6.07) is 43.4. The number of allylic oxidation sites excluding steroid dienone is 4. The smallest absolute Gasteiger partial charge is 0.0787 e. The fourth-order valence-corrected chi connectivity index (χ4v) is 6.61. The number of hydrogen-bond acceptors (Lipinski definition) is 2. The Labute approximate surface area is 252 Å². The van der Waals surface area contributed by atoms with Crippen LogP contribution in [0.4, 0.5) is 5.69 Å². The molecule has 1 aromatic heterocycles. The van der Waals surface area contributed by atoms with E-state index in [2.05, 4.69) is 153 Å². The van der Waals surface area contributed by atoms with E-state index in [0.717, 1.165) is 40.0 Å². The van der Waals surface area contributed by atoms with Crippen molar-refractivity contribution in [1.29, 1.82) is 0 Å². The maximum absolute atomic E-state index is 5.24. The molecule has 2 nitrogen and oxygen atoms in total. The largest absolute Gasteiger partial charge is 0.252 e. The highest BCUT2D eigenvalue weighted by atomic mass is 14.8. The molecule has 0 spiro atoms. The Bertz CT molecular complexity index is 2020. The van der Waals surface area contributed by atoms with E-state index in [1.807, 2.05) is 0 Å². The van der Waals surface area contributed by atoms with Crippen LogP contribution in [0.15, 0.2) is 151 Å². The lowest BCUT2D eigenvalue weighted by Gasteiger charge is -2.17. The van der Waals surface area contributed by atoms with Gasteiger partial charge in [0.25, 0.3) is 0 Å². The van der Waals surface area contributed by atoms with Crippen molar-refractivity contribution < 1.29 is 0 Å². The Kier molecular flexibility index (Phi) is 6.19. The lowest BCUT2D eigenvalue weighted by atomic mass is 9.87. The van der Waals surface area contributed by atoms with E-state index in [1.54, 1.807) is 0 Å². The Hall–Kier alpha value is -5.34. The van der Waals surface area contributed by atoms with Crippen LogP contribution in [-0.2, 0) is 0 Å². The molecule has 6 aromatic rings. The van der Waals surface area contributed by atoms with Gasteiger partial charge in [-0.2, -0.15) is 0 Å². The number of pyridine rings is 1. The van der Waals surface area contributed by atoms with Crippen LogP contribution >= 0.6 is 0 Å². The molecule has 1 unspecified atom stereocenters. The summed E-state index contributed by atoms with van der Waals surface area (Å²) in [6.45, 7) is 2.23.